The molecule has 0 fully saturated rings. The maximum absolute atomic E-state index is 5.27. The summed E-state index contributed by atoms with van der Waals surface area (Å²) >= 11 is 1.73. The molecular weight excluding hydrogens is 306 g/mol. The van der Waals surface area contributed by atoms with Crippen molar-refractivity contribution in [2.45, 2.75) is 11.6 Å². The predicted molar refractivity (Wildman–Crippen MR) is 93.9 cm³/mol. The van der Waals surface area contributed by atoms with E-state index in [9.17, 15) is 0 Å². The van der Waals surface area contributed by atoms with Crippen LogP contribution < -0.4 is 4.74 Å². The third-order valence-corrected chi connectivity index (χ3v) is 4.65. The lowest BCUT2D eigenvalue weighted by Crippen LogP contribution is -1.96. The van der Waals surface area contributed by atoms with Crippen molar-refractivity contribution in [1.82, 2.24) is 14.8 Å². The maximum atomic E-state index is 5.27. The van der Waals surface area contributed by atoms with Gasteiger partial charge < -0.3 is 9.30 Å². The summed E-state index contributed by atoms with van der Waals surface area (Å²) in [6.07, 6.45) is 1.02. The Labute approximate surface area is 140 Å². The van der Waals surface area contributed by atoms with Crippen LogP contribution in [-0.2, 0) is 13.5 Å². The van der Waals surface area contributed by atoms with E-state index in [1.54, 1.807) is 18.9 Å². The van der Waals surface area contributed by atoms with Gasteiger partial charge in [0, 0.05) is 18.4 Å². The molecule has 0 atom stereocenters. The number of ether oxygens (including phenoxy) is 1. The summed E-state index contributed by atoms with van der Waals surface area (Å²) in [5.74, 6) is 2.66. The first kappa shape index (κ1) is 15.6. The van der Waals surface area contributed by atoms with Gasteiger partial charge in [-0.1, -0.05) is 54.2 Å². The summed E-state index contributed by atoms with van der Waals surface area (Å²) in [6, 6.07) is 18.4. The molecule has 23 heavy (non-hydrogen) atoms. The maximum Gasteiger partial charge on any atom is 0.191 e. The SMILES string of the molecule is COc1cccc(-c2nnc(SCCc3ccccc3)n2C)c1. The first-order valence-corrected chi connectivity index (χ1v) is 8.47. The smallest absolute Gasteiger partial charge is 0.191 e. The Morgan fingerprint density at radius 2 is 1.87 bits per heavy atom. The number of hydrogen-bond donors (Lipinski definition) is 0. The molecule has 4 nitrogen and oxygen atoms in total. The van der Waals surface area contributed by atoms with Gasteiger partial charge in [0.2, 0.25) is 0 Å². The minimum absolute atomic E-state index is 0.823. The molecule has 0 saturated heterocycles. The van der Waals surface area contributed by atoms with Crippen LogP contribution in [-0.4, -0.2) is 27.6 Å². The highest BCUT2D eigenvalue weighted by Gasteiger charge is 2.11. The molecule has 0 amide bonds. The third-order valence-electron chi connectivity index (χ3n) is 3.63. The van der Waals surface area contributed by atoms with Crippen molar-refractivity contribution in [3.63, 3.8) is 0 Å². The highest BCUT2D eigenvalue weighted by Crippen LogP contribution is 2.25. The lowest BCUT2D eigenvalue weighted by Gasteiger charge is -2.05. The van der Waals surface area contributed by atoms with E-state index in [-0.39, 0.29) is 0 Å². The fraction of sp³-hybridized carbons (Fsp3) is 0.222. The molecule has 0 aliphatic heterocycles. The molecule has 3 rings (SSSR count). The van der Waals surface area contributed by atoms with E-state index in [0.29, 0.717) is 0 Å². The van der Waals surface area contributed by atoms with Gasteiger partial charge in [0.25, 0.3) is 0 Å². The van der Waals surface area contributed by atoms with Crippen molar-refractivity contribution in [2.75, 3.05) is 12.9 Å². The third kappa shape index (κ3) is 3.74. The summed E-state index contributed by atoms with van der Waals surface area (Å²) < 4.78 is 7.31. The Hall–Kier alpha value is -2.27. The Bertz CT molecular complexity index is 771. The molecule has 0 spiro atoms. The Morgan fingerprint density at radius 1 is 1.04 bits per heavy atom. The summed E-state index contributed by atoms with van der Waals surface area (Å²) in [5.41, 5.74) is 2.35. The van der Waals surface area contributed by atoms with Crippen molar-refractivity contribution >= 4 is 11.8 Å². The van der Waals surface area contributed by atoms with Gasteiger partial charge in [0.1, 0.15) is 5.75 Å². The first-order chi connectivity index (χ1) is 11.3. The van der Waals surface area contributed by atoms with Gasteiger partial charge in [0.05, 0.1) is 7.11 Å². The molecule has 0 radical (unpaired) electrons. The van der Waals surface area contributed by atoms with Crippen LogP contribution in [0.3, 0.4) is 0 Å². The van der Waals surface area contributed by atoms with E-state index >= 15 is 0 Å². The quantitative estimate of drug-likeness (QED) is 0.646. The second-order valence-electron chi connectivity index (χ2n) is 5.18. The molecule has 0 aliphatic carbocycles. The van der Waals surface area contributed by atoms with Crippen LogP contribution in [0, 0.1) is 0 Å². The van der Waals surface area contributed by atoms with E-state index in [4.69, 9.17) is 4.74 Å². The van der Waals surface area contributed by atoms with Crippen molar-refractivity contribution in [3.05, 3.63) is 60.2 Å². The summed E-state index contributed by atoms with van der Waals surface area (Å²) in [4.78, 5) is 0. The minimum Gasteiger partial charge on any atom is -0.497 e. The number of aryl methyl sites for hydroxylation is 1. The van der Waals surface area contributed by atoms with Gasteiger partial charge in [-0.2, -0.15) is 0 Å². The zero-order valence-corrected chi connectivity index (χ0v) is 14.1. The van der Waals surface area contributed by atoms with Gasteiger partial charge in [-0.25, -0.2) is 0 Å². The molecule has 0 aliphatic rings. The average Bonchev–Trinajstić information content (AvgIpc) is 2.97. The molecule has 3 aromatic rings. The zero-order valence-electron chi connectivity index (χ0n) is 13.3. The number of aromatic nitrogens is 3. The van der Waals surface area contributed by atoms with Crippen LogP contribution in [0.4, 0.5) is 0 Å². The van der Waals surface area contributed by atoms with E-state index in [1.807, 2.05) is 41.9 Å². The number of rotatable bonds is 6. The van der Waals surface area contributed by atoms with Gasteiger partial charge in [0.15, 0.2) is 11.0 Å². The number of methoxy groups -OCH3 is 1. The molecule has 0 unspecified atom stereocenters. The van der Waals surface area contributed by atoms with Crippen LogP contribution in [0.25, 0.3) is 11.4 Å². The second-order valence-corrected chi connectivity index (χ2v) is 6.24. The molecule has 2 aromatic carbocycles. The normalized spacial score (nSPS) is 10.7. The summed E-state index contributed by atoms with van der Waals surface area (Å²) in [6.45, 7) is 0. The van der Waals surface area contributed by atoms with E-state index in [1.165, 1.54) is 5.56 Å². The topological polar surface area (TPSA) is 39.9 Å². The molecule has 118 valence electrons. The fourth-order valence-electron chi connectivity index (χ4n) is 2.36. The van der Waals surface area contributed by atoms with Crippen LogP contribution in [0.15, 0.2) is 59.8 Å². The van der Waals surface area contributed by atoms with Crippen molar-refractivity contribution in [3.8, 4) is 17.1 Å². The van der Waals surface area contributed by atoms with Crippen molar-refractivity contribution < 1.29 is 4.74 Å². The number of benzene rings is 2. The molecule has 5 heteroatoms. The van der Waals surface area contributed by atoms with Crippen LogP contribution in [0.5, 0.6) is 5.75 Å². The molecule has 1 aromatic heterocycles. The van der Waals surface area contributed by atoms with Crippen LogP contribution in [0.2, 0.25) is 0 Å². The lowest BCUT2D eigenvalue weighted by molar-refractivity contribution is 0.415. The Balaban J connectivity index is 1.69. The summed E-state index contributed by atoms with van der Waals surface area (Å²) in [7, 11) is 3.67. The largest absolute Gasteiger partial charge is 0.497 e. The average molecular weight is 325 g/mol. The van der Waals surface area contributed by atoms with Gasteiger partial charge >= 0.3 is 0 Å². The van der Waals surface area contributed by atoms with Gasteiger partial charge in [-0.05, 0) is 24.1 Å². The van der Waals surface area contributed by atoms with Crippen LogP contribution >= 0.6 is 11.8 Å². The second kappa shape index (κ2) is 7.33. The number of nitrogens with zero attached hydrogens (tertiary/aromatic N) is 3. The van der Waals surface area contributed by atoms with E-state index in [0.717, 1.165) is 34.5 Å². The van der Waals surface area contributed by atoms with E-state index < -0.39 is 0 Å². The minimum atomic E-state index is 0.823. The highest BCUT2D eigenvalue weighted by atomic mass is 32.2. The first-order valence-electron chi connectivity index (χ1n) is 7.48. The van der Waals surface area contributed by atoms with E-state index in [2.05, 4.69) is 34.5 Å². The molecule has 0 N–H and O–H groups in total. The standard InChI is InChI=1S/C18H19N3OS/c1-21-17(15-9-6-10-16(13-15)22-2)19-20-18(21)23-12-11-14-7-4-3-5-8-14/h3-10,13H,11-12H2,1-2H3. The van der Waals surface area contributed by atoms with Crippen molar-refractivity contribution in [1.29, 1.82) is 0 Å². The molecule has 0 bridgehead atoms. The molecular formula is C18H19N3OS. The lowest BCUT2D eigenvalue weighted by atomic mass is 10.2. The van der Waals surface area contributed by atoms with Crippen molar-refractivity contribution in [2.24, 2.45) is 7.05 Å². The zero-order chi connectivity index (χ0) is 16.1. The van der Waals surface area contributed by atoms with Gasteiger partial charge in [-0.3, -0.25) is 0 Å². The molecule has 0 saturated carbocycles. The summed E-state index contributed by atoms with van der Waals surface area (Å²) in [5, 5.41) is 9.57. The van der Waals surface area contributed by atoms with Gasteiger partial charge in [-0.15, -0.1) is 10.2 Å². The fourth-order valence-corrected chi connectivity index (χ4v) is 3.26. The number of thioether (sulfide) groups is 1. The number of hydrogen-bond acceptors (Lipinski definition) is 4. The monoisotopic (exact) mass is 325 g/mol. The Morgan fingerprint density at radius 3 is 2.65 bits per heavy atom. The predicted octanol–water partition coefficient (Wildman–Crippen LogP) is 3.83. The molecule has 1 heterocycles. The van der Waals surface area contributed by atoms with Crippen LogP contribution in [0.1, 0.15) is 5.56 Å². The Kier molecular flexibility index (Phi) is 4.98. The highest BCUT2D eigenvalue weighted by molar-refractivity contribution is 7.99.